The fourth-order valence-corrected chi connectivity index (χ4v) is 3.65. The third-order valence-corrected chi connectivity index (χ3v) is 5.53. The third-order valence-electron chi connectivity index (χ3n) is 4.58. The Morgan fingerprint density at radius 1 is 1.16 bits per heavy atom. The molecule has 4 aromatic rings. The van der Waals surface area contributed by atoms with E-state index in [1.807, 2.05) is 62.4 Å². The summed E-state index contributed by atoms with van der Waals surface area (Å²) < 4.78 is 1.63. The largest absolute Gasteiger partial charge is 0.369 e. The molecule has 162 valence electrons. The Hall–Kier alpha value is -3.99. The number of aromatic amines is 1. The molecule has 0 saturated heterocycles. The Labute approximate surface area is 188 Å². The van der Waals surface area contributed by atoms with Crippen LogP contribution in [-0.4, -0.2) is 36.1 Å². The molecule has 32 heavy (non-hydrogen) atoms. The highest BCUT2D eigenvalue weighted by Gasteiger charge is 2.10. The minimum Gasteiger partial charge on any atom is -0.369 e. The summed E-state index contributed by atoms with van der Waals surface area (Å²) >= 11 is 1.36. The second-order valence-electron chi connectivity index (χ2n) is 6.98. The normalized spacial score (nSPS) is 11.5. The Kier molecular flexibility index (Phi) is 6.26. The molecule has 2 aromatic heterocycles. The lowest BCUT2D eigenvalue weighted by atomic mass is 10.1. The van der Waals surface area contributed by atoms with Crippen molar-refractivity contribution in [3.63, 3.8) is 0 Å². The maximum absolute atomic E-state index is 12.1. The molecule has 0 amide bonds. The second-order valence-corrected chi connectivity index (χ2v) is 7.92. The monoisotopic (exact) mass is 447 g/mol. The maximum Gasteiger partial charge on any atom is 0.252 e. The van der Waals surface area contributed by atoms with Crippen LogP contribution in [0.15, 0.2) is 69.5 Å². The fraction of sp³-hybridized carbons (Fsp3) is 0.143. The summed E-state index contributed by atoms with van der Waals surface area (Å²) in [5, 5.41) is 15.4. The predicted molar refractivity (Wildman–Crippen MR) is 124 cm³/mol. The van der Waals surface area contributed by atoms with E-state index in [1.165, 1.54) is 23.4 Å². The van der Waals surface area contributed by atoms with Gasteiger partial charge in [0.2, 0.25) is 17.1 Å². The van der Waals surface area contributed by atoms with Crippen molar-refractivity contribution in [1.29, 1.82) is 0 Å². The molecule has 10 nitrogen and oxygen atoms in total. The van der Waals surface area contributed by atoms with Gasteiger partial charge >= 0.3 is 0 Å². The number of hydrogen-bond acceptors (Lipinski definition) is 7. The standard InChI is InChI=1S/C21H21N9OS/c1-13-8-9-15(10-14(13)2)23-19(22)26-20-24-16(11-18(31)25-20)12-32-21-27-28-29-30(21)17-6-4-3-5-7-17/h3-11H,12H2,1-2H3,(H4,22,23,24,25,26,31). The molecule has 0 aliphatic carbocycles. The number of nitrogens with zero attached hydrogens (tertiary/aromatic N) is 6. The van der Waals surface area contributed by atoms with Crippen molar-refractivity contribution in [2.24, 2.45) is 10.7 Å². The van der Waals surface area contributed by atoms with Gasteiger partial charge < -0.3 is 11.1 Å². The molecular weight excluding hydrogens is 426 g/mol. The van der Waals surface area contributed by atoms with Crippen LogP contribution in [0.3, 0.4) is 0 Å². The van der Waals surface area contributed by atoms with Crippen molar-refractivity contribution >= 4 is 29.4 Å². The molecule has 11 heteroatoms. The molecule has 0 atom stereocenters. The van der Waals surface area contributed by atoms with Gasteiger partial charge in [-0.15, -0.1) is 5.10 Å². The molecule has 0 spiro atoms. The Morgan fingerprint density at radius 3 is 2.75 bits per heavy atom. The lowest BCUT2D eigenvalue weighted by molar-refractivity contribution is 0.756. The first-order valence-electron chi connectivity index (χ1n) is 9.73. The summed E-state index contributed by atoms with van der Waals surface area (Å²) in [6.07, 6.45) is 0. The molecular formula is C21H21N9OS. The van der Waals surface area contributed by atoms with Crippen LogP contribution in [0, 0.1) is 13.8 Å². The summed E-state index contributed by atoms with van der Waals surface area (Å²) in [4.78, 5) is 23.3. The molecule has 4 N–H and O–H groups in total. The number of aromatic nitrogens is 6. The predicted octanol–water partition coefficient (Wildman–Crippen LogP) is 2.71. The zero-order chi connectivity index (χ0) is 22.5. The van der Waals surface area contributed by atoms with Crippen LogP contribution in [-0.2, 0) is 5.75 Å². The fourth-order valence-electron chi connectivity index (χ4n) is 2.87. The lowest BCUT2D eigenvalue weighted by Crippen LogP contribution is -2.22. The van der Waals surface area contributed by atoms with Gasteiger partial charge in [0.05, 0.1) is 11.4 Å². The molecule has 0 fully saturated rings. The van der Waals surface area contributed by atoms with Gasteiger partial charge in [-0.25, -0.2) is 4.98 Å². The van der Waals surface area contributed by atoms with Gasteiger partial charge in [0, 0.05) is 17.5 Å². The van der Waals surface area contributed by atoms with Crippen LogP contribution in [0.25, 0.3) is 5.69 Å². The number of H-pyrrole nitrogens is 1. The number of hydrogen-bond donors (Lipinski definition) is 3. The zero-order valence-corrected chi connectivity index (χ0v) is 18.3. The van der Waals surface area contributed by atoms with Crippen molar-refractivity contribution in [3.8, 4) is 5.69 Å². The number of para-hydroxylation sites is 1. The molecule has 4 rings (SSSR count). The van der Waals surface area contributed by atoms with Gasteiger partial charge in [-0.2, -0.15) is 9.67 Å². The summed E-state index contributed by atoms with van der Waals surface area (Å²) in [5.74, 6) is 0.614. The van der Waals surface area contributed by atoms with E-state index >= 15 is 0 Å². The number of tetrazole rings is 1. The SMILES string of the molecule is Cc1ccc(N/C(N)=N/c2nc(CSc3nnnn3-c3ccccc3)cc(=O)[nH]2)cc1C. The highest BCUT2D eigenvalue weighted by atomic mass is 32.2. The highest BCUT2D eigenvalue weighted by Crippen LogP contribution is 2.21. The minimum atomic E-state index is -0.323. The summed E-state index contributed by atoms with van der Waals surface area (Å²) in [5.41, 5.74) is 10.2. The molecule has 2 heterocycles. The van der Waals surface area contributed by atoms with Gasteiger partial charge in [0.25, 0.3) is 5.56 Å². The van der Waals surface area contributed by atoms with E-state index in [2.05, 4.69) is 35.8 Å². The smallest absolute Gasteiger partial charge is 0.252 e. The quantitative estimate of drug-likeness (QED) is 0.233. The van der Waals surface area contributed by atoms with Crippen LogP contribution in [0.1, 0.15) is 16.8 Å². The van der Waals surface area contributed by atoms with E-state index in [9.17, 15) is 4.79 Å². The summed E-state index contributed by atoms with van der Waals surface area (Å²) in [6.45, 7) is 4.05. The number of nitrogens with two attached hydrogens (primary N) is 1. The Bertz CT molecular complexity index is 1310. The van der Waals surface area contributed by atoms with E-state index in [0.29, 0.717) is 16.6 Å². The van der Waals surface area contributed by atoms with Crippen molar-refractivity contribution in [1.82, 2.24) is 30.2 Å². The minimum absolute atomic E-state index is 0.115. The summed E-state index contributed by atoms with van der Waals surface area (Å²) in [6, 6.07) is 16.8. The van der Waals surface area contributed by atoms with E-state index in [0.717, 1.165) is 16.9 Å². The lowest BCUT2D eigenvalue weighted by Gasteiger charge is -2.08. The van der Waals surface area contributed by atoms with Gasteiger partial charge in [0.1, 0.15) is 0 Å². The molecule has 0 unspecified atom stereocenters. The molecule has 0 aliphatic heterocycles. The highest BCUT2D eigenvalue weighted by molar-refractivity contribution is 7.98. The Balaban J connectivity index is 1.49. The van der Waals surface area contributed by atoms with Crippen molar-refractivity contribution < 1.29 is 0 Å². The number of aryl methyl sites for hydroxylation is 2. The zero-order valence-electron chi connectivity index (χ0n) is 17.5. The van der Waals surface area contributed by atoms with Gasteiger partial charge in [-0.05, 0) is 59.7 Å². The average molecular weight is 448 g/mol. The van der Waals surface area contributed by atoms with Gasteiger partial charge in [0.15, 0.2) is 0 Å². The van der Waals surface area contributed by atoms with Crippen LogP contribution < -0.4 is 16.6 Å². The third kappa shape index (κ3) is 5.19. The van der Waals surface area contributed by atoms with Crippen LogP contribution in [0.2, 0.25) is 0 Å². The number of thioether (sulfide) groups is 1. The van der Waals surface area contributed by atoms with E-state index < -0.39 is 0 Å². The number of guanidine groups is 1. The first-order valence-corrected chi connectivity index (χ1v) is 10.7. The maximum atomic E-state index is 12.1. The molecule has 0 bridgehead atoms. The number of aliphatic imine (C=N–C) groups is 1. The molecule has 0 radical (unpaired) electrons. The second kappa shape index (κ2) is 9.43. The van der Waals surface area contributed by atoms with Gasteiger partial charge in [-0.3, -0.25) is 9.78 Å². The Morgan fingerprint density at radius 2 is 1.97 bits per heavy atom. The number of anilines is 1. The van der Waals surface area contributed by atoms with Crippen molar-refractivity contribution in [2.45, 2.75) is 24.8 Å². The number of rotatable bonds is 6. The molecule has 0 aliphatic rings. The van der Waals surface area contributed by atoms with Crippen LogP contribution in [0.5, 0.6) is 0 Å². The van der Waals surface area contributed by atoms with Crippen LogP contribution in [0.4, 0.5) is 11.6 Å². The van der Waals surface area contributed by atoms with Crippen LogP contribution >= 0.6 is 11.8 Å². The van der Waals surface area contributed by atoms with Crippen molar-refractivity contribution in [2.75, 3.05) is 5.32 Å². The molecule has 0 saturated carbocycles. The molecule has 2 aromatic carbocycles. The first kappa shape index (κ1) is 21.2. The van der Waals surface area contributed by atoms with Crippen molar-refractivity contribution in [3.05, 3.63) is 81.8 Å². The van der Waals surface area contributed by atoms with E-state index in [4.69, 9.17) is 5.73 Å². The van der Waals surface area contributed by atoms with Gasteiger partial charge in [-0.1, -0.05) is 36.0 Å². The average Bonchev–Trinajstić information content (AvgIpc) is 3.24. The summed E-state index contributed by atoms with van der Waals surface area (Å²) in [7, 11) is 0. The number of benzene rings is 2. The van der Waals surface area contributed by atoms with E-state index in [-0.39, 0.29) is 17.5 Å². The number of nitrogens with one attached hydrogen (secondary N) is 2. The first-order chi connectivity index (χ1) is 15.5. The topological polar surface area (TPSA) is 140 Å². The van der Waals surface area contributed by atoms with E-state index in [1.54, 1.807) is 4.68 Å².